The van der Waals surface area contributed by atoms with Gasteiger partial charge in [0.25, 0.3) is 0 Å². The average Bonchev–Trinajstić information content (AvgIpc) is 2.88. The van der Waals surface area contributed by atoms with Gasteiger partial charge in [0.15, 0.2) is 5.82 Å². The Morgan fingerprint density at radius 3 is 3.00 bits per heavy atom. The average molecular weight is 224 g/mol. The van der Waals surface area contributed by atoms with Gasteiger partial charge in [-0.1, -0.05) is 6.42 Å². The molecule has 0 bridgehead atoms. The van der Waals surface area contributed by atoms with E-state index in [1.165, 1.54) is 19.3 Å². The molecule has 1 aromatic heterocycles. The van der Waals surface area contributed by atoms with Crippen molar-refractivity contribution in [2.45, 2.75) is 25.9 Å². The van der Waals surface area contributed by atoms with Crippen LogP contribution in [0.25, 0.3) is 0 Å². The van der Waals surface area contributed by atoms with Crippen molar-refractivity contribution in [3.05, 3.63) is 12.2 Å². The second-order valence-electron chi connectivity index (χ2n) is 4.50. The Labute approximate surface area is 96.0 Å². The fourth-order valence-electron chi connectivity index (χ4n) is 2.40. The highest BCUT2D eigenvalue weighted by atomic mass is 16.5. The number of hydrogen-bond acceptors (Lipinski definition) is 4. The minimum atomic E-state index is 0.546. The van der Waals surface area contributed by atoms with Crippen LogP contribution in [0.4, 0.5) is 0 Å². The van der Waals surface area contributed by atoms with Crippen LogP contribution in [0.1, 0.15) is 25.1 Å². The summed E-state index contributed by atoms with van der Waals surface area (Å²) in [6, 6.07) is 0. The third kappa shape index (κ3) is 2.59. The molecule has 1 aromatic rings. The van der Waals surface area contributed by atoms with E-state index in [0.29, 0.717) is 18.4 Å². The third-order valence-corrected chi connectivity index (χ3v) is 3.49. The lowest BCUT2D eigenvalue weighted by molar-refractivity contribution is 0.0696. The van der Waals surface area contributed by atoms with Crippen molar-refractivity contribution in [2.75, 3.05) is 13.2 Å². The van der Waals surface area contributed by atoms with Crippen LogP contribution in [-0.4, -0.2) is 27.9 Å². The van der Waals surface area contributed by atoms with Gasteiger partial charge >= 0.3 is 0 Å². The quantitative estimate of drug-likeness (QED) is 0.799. The zero-order valence-corrected chi connectivity index (χ0v) is 9.80. The number of rotatable bonds is 5. The maximum Gasteiger partial charge on any atom is 0.152 e. The molecule has 0 aliphatic heterocycles. The van der Waals surface area contributed by atoms with Crippen LogP contribution in [0.15, 0.2) is 6.33 Å². The van der Waals surface area contributed by atoms with E-state index < -0.39 is 0 Å². The summed E-state index contributed by atoms with van der Waals surface area (Å²) in [6.45, 7) is 2.14. The van der Waals surface area contributed by atoms with E-state index in [-0.39, 0.29) is 0 Å². The van der Waals surface area contributed by atoms with Crippen LogP contribution in [0.5, 0.6) is 0 Å². The van der Waals surface area contributed by atoms with E-state index in [2.05, 4.69) is 10.1 Å². The summed E-state index contributed by atoms with van der Waals surface area (Å²) in [4.78, 5) is 4.12. The van der Waals surface area contributed by atoms with Gasteiger partial charge in [-0.15, -0.1) is 0 Å². The minimum absolute atomic E-state index is 0.546. The van der Waals surface area contributed by atoms with Crippen LogP contribution in [0.3, 0.4) is 0 Å². The highest BCUT2D eigenvalue weighted by Gasteiger charge is 2.26. The number of nitrogens with two attached hydrogens (primary N) is 1. The molecule has 2 unspecified atom stereocenters. The van der Waals surface area contributed by atoms with Crippen LogP contribution in [0, 0.1) is 11.8 Å². The number of hydrogen-bond donors (Lipinski definition) is 1. The molecule has 0 radical (unpaired) electrons. The van der Waals surface area contributed by atoms with E-state index in [0.717, 1.165) is 19.0 Å². The van der Waals surface area contributed by atoms with Crippen molar-refractivity contribution >= 4 is 0 Å². The van der Waals surface area contributed by atoms with Crippen molar-refractivity contribution in [1.29, 1.82) is 0 Å². The van der Waals surface area contributed by atoms with Crippen LogP contribution >= 0.6 is 0 Å². The lowest BCUT2D eigenvalue weighted by Crippen LogP contribution is -2.22. The van der Waals surface area contributed by atoms with Crippen LogP contribution in [0.2, 0.25) is 0 Å². The van der Waals surface area contributed by atoms with Gasteiger partial charge in [0.2, 0.25) is 0 Å². The maximum absolute atomic E-state index is 5.73. The zero-order chi connectivity index (χ0) is 11.4. The largest absolute Gasteiger partial charge is 0.373 e. The van der Waals surface area contributed by atoms with Gasteiger partial charge in [-0.25, -0.2) is 4.98 Å². The first kappa shape index (κ1) is 11.5. The molecule has 2 rings (SSSR count). The predicted octanol–water partition coefficient (Wildman–Crippen LogP) is 0.707. The first-order valence-corrected chi connectivity index (χ1v) is 5.92. The Morgan fingerprint density at radius 1 is 1.50 bits per heavy atom. The molecule has 1 aliphatic rings. The predicted molar refractivity (Wildman–Crippen MR) is 60.5 cm³/mol. The Kier molecular flexibility index (Phi) is 3.90. The molecular weight excluding hydrogens is 204 g/mol. The number of aromatic nitrogens is 3. The molecule has 90 valence electrons. The zero-order valence-electron chi connectivity index (χ0n) is 9.80. The second kappa shape index (κ2) is 5.41. The highest BCUT2D eigenvalue weighted by Crippen LogP contribution is 2.31. The van der Waals surface area contributed by atoms with Gasteiger partial charge in [-0.3, -0.25) is 4.68 Å². The Hall–Kier alpha value is -0.940. The van der Waals surface area contributed by atoms with Gasteiger partial charge in [0.1, 0.15) is 12.9 Å². The number of nitrogens with zero attached hydrogens (tertiary/aromatic N) is 3. The lowest BCUT2D eigenvalue weighted by Gasteiger charge is -2.17. The maximum atomic E-state index is 5.73. The van der Waals surface area contributed by atoms with Crippen LogP contribution in [-0.2, 0) is 18.4 Å². The van der Waals surface area contributed by atoms with Gasteiger partial charge < -0.3 is 10.5 Å². The highest BCUT2D eigenvalue weighted by molar-refractivity contribution is 4.81. The molecule has 2 atom stereocenters. The van der Waals surface area contributed by atoms with Gasteiger partial charge in [-0.05, 0) is 31.2 Å². The summed E-state index contributed by atoms with van der Waals surface area (Å²) in [6.07, 6.45) is 5.35. The van der Waals surface area contributed by atoms with E-state index in [4.69, 9.17) is 10.5 Å². The van der Waals surface area contributed by atoms with E-state index in [1.807, 2.05) is 7.05 Å². The molecule has 1 heterocycles. The van der Waals surface area contributed by atoms with Gasteiger partial charge in [0, 0.05) is 7.05 Å². The molecule has 0 amide bonds. The molecule has 1 saturated carbocycles. The molecule has 0 saturated heterocycles. The summed E-state index contributed by atoms with van der Waals surface area (Å²) in [5, 5.41) is 4.00. The first-order chi connectivity index (χ1) is 7.81. The molecule has 16 heavy (non-hydrogen) atoms. The Bertz CT molecular complexity index is 326. The van der Waals surface area contributed by atoms with E-state index in [9.17, 15) is 0 Å². The van der Waals surface area contributed by atoms with Crippen molar-refractivity contribution in [1.82, 2.24) is 14.8 Å². The number of aryl methyl sites for hydroxylation is 1. The molecule has 2 N–H and O–H groups in total. The molecule has 1 aliphatic carbocycles. The van der Waals surface area contributed by atoms with Crippen molar-refractivity contribution in [2.24, 2.45) is 24.6 Å². The SMILES string of the molecule is Cn1ncnc1COCC1CCCC1CN. The summed E-state index contributed by atoms with van der Waals surface area (Å²) in [7, 11) is 1.88. The molecule has 0 spiro atoms. The normalized spacial score (nSPS) is 25.1. The topological polar surface area (TPSA) is 66.0 Å². The number of ether oxygens (including phenoxy) is 1. The van der Waals surface area contributed by atoms with Crippen molar-refractivity contribution in [3.8, 4) is 0 Å². The van der Waals surface area contributed by atoms with Gasteiger partial charge in [-0.2, -0.15) is 5.10 Å². The second-order valence-corrected chi connectivity index (χ2v) is 4.50. The minimum Gasteiger partial charge on any atom is -0.373 e. The fraction of sp³-hybridized carbons (Fsp3) is 0.818. The molecular formula is C11H20N4O. The standard InChI is InChI=1S/C11H20N4O/c1-15-11(13-8-14-15)7-16-6-10-4-2-3-9(10)5-12/h8-10H,2-7,12H2,1H3. The monoisotopic (exact) mass is 224 g/mol. The molecule has 0 aromatic carbocycles. The summed E-state index contributed by atoms with van der Waals surface area (Å²) in [5.74, 6) is 2.17. The Morgan fingerprint density at radius 2 is 2.31 bits per heavy atom. The van der Waals surface area contributed by atoms with E-state index in [1.54, 1.807) is 11.0 Å². The summed E-state index contributed by atoms with van der Waals surface area (Å²) >= 11 is 0. The molecule has 5 heteroatoms. The summed E-state index contributed by atoms with van der Waals surface area (Å²) < 4.78 is 7.44. The van der Waals surface area contributed by atoms with Crippen molar-refractivity contribution in [3.63, 3.8) is 0 Å². The first-order valence-electron chi connectivity index (χ1n) is 5.92. The fourth-order valence-corrected chi connectivity index (χ4v) is 2.40. The summed E-state index contributed by atoms with van der Waals surface area (Å²) in [5.41, 5.74) is 5.73. The van der Waals surface area contributed by atoms with Crippen molar-refractivity contribution < 1.29 is 4.74 Å². The Balaban J connectivity index is 1.74. The third-order valence-electron chi connectivity index (χ3n) is 3.49. The molecule has 1 fully saturated rings. The smallest absolute Gasteiger partial charge is 0.152 e. The molecule has 5 nitrogen and oxygen atoms in total. The van der Waals surface area contributed by atoms with E-state index >= 15 is 0 Å². The van der Waals surface area contributed by atoms with Crippen LogP contribution < -0.4 is 5.73 Å². The lowest BCUT2D eigenvalue weighted by atomic mass is 9.97. The van der Waals surface area contributed by atoms with Gasteiger partial charge in [0.05, 0.1) is 6.61 Å².